The molecule has 0 bridgehead atoms. The number of carbonyl (C=O) groups is 1. The van der Waals surface area contributed by atoms with Crippen LogP contribution < -0.4 is 5.32 Å². The van der Waals surface area contributed by atoms with Crippen LogP contribution in [0.5, 0.6) is 0 Å². The first-order chi connectivity index (χ1) is 11.2. The van der Waals surface area contributed by atoms with E-state index in [1.807, 2.05) is 22.8 Å². The molecular formula is C16H16BrN3O3. The third-order valence-corrected chi connectivity index (χ3v) is 3.88. The summed E-state index contributed by atoms with van der Waals surface area (Å²) >= 11 is 3.31. The van der Waals surface area contributed by atoms with E-state index in [1.54, 1.807) is 25.6 Å². The normalized spacial score (nSPS) is 11.0. The molecule has 0 aliphatic carbocycles. The Kier molecular flexibility index (Phi) is 4.78. The van der Waals surface area contributed by atoms with Crippen LogP contribution in [-0.2, 0) is 17.8 Å². The second-order valence-corrected chi connectivity index (χ2v) is 5.80. The fourth-order valence-electron chi connectivity index (χ4n) is 2.40. The maximum Gasteiger partial charge on any atom is 0.268 e. The van der Waals surface area contributed by atoms with Crippen molar-refractivity contribution in [2.24, 2.45) is 0 Å². The molecule has 1 N–H and O–H groups in total. The van der Waals surface area contributed by atoms with Gasteiger partial charge in [-0.25, -0.2) is 0 Å². The van der Waals surface area contributed by atoms with E-state index in [0.29, 0.717) is 35.6 Å². The molecule has 3 rings (SSSR count). The number of carbonyl (C=O) groups excluding carboxylic acids is 1. The summed E-state index contributed by atoms with van der Waals surface area (Å²) in [5.74, 6) is -0.160. The largest absolute Gasteiger partial charge is 0.448 e. The van der Waals surface area contributed by atoms with Gasteiger partial charge in [-0.15, -0.1) is 0 Å². The number of furan rings is 1. The molecule has 0 spiro atoms. The minimum atomic E-state index is -0.160. The quantitative estimate of drug-likeness (QED) is 0.716. The molecule has 0 aliphatic rings. The zero-order valence-electron chi connectivity index (χ0n) is 12.6. The van der Waals surface area contributed by atoms with Crippen molar-refractivity contribution in [3.8, 4) is 0 Å². The van der Waals surface area contributed by atoms with E-state index in [0.717, 1.165) is 11.1 Å². The van der Waals surface area contributed by atoms with E-state index in [9.17, 15) is 4.79 Å². The number of rotatable bonds is 6. The predicted molar refractivity (Wildman–Crippen MR) is 89.2 cm³/mol. The first kappa shape index (κ1) is 15.8. The molecule has 0 aromatic carbocycles. The monoisotopic (exact) mass is 377 g/mol. The molecule has 6 nitrogen and oxygen atoms in total. The van der Waals surface area contributed by atoms with Gasteiger partial charge in [0, 0.05) is 44.7 Å². The molecule has 3 aromatic heterocycles. The van der Waals surface area contributed by atoms with E-state index < -0.39 is 0 Å². The fraction of sp³-hybridized carbons (Fsp3) is 0.250. The lowest BCUT2D eigenvalue weighted by molar-refractivity contribution is 0.0939. The molecule has 0 atom stereocenters. The number of pyridine rings is 1. The van der Waals surface area contributed by atoms with Crippen LogP contribution >= 0.6 is 15.9 Å². The summed E-state index contributed by atoms with van der Waals surface area (Å²) in [7, 11) is 1.63. The lowest BCUT2D eigenvalue weighted by Crippen LogP contribution is -2.26. The molecule has 0 saturated heterocycles. The van der Waals surface area contributed by atoms with E-state index in [4.69, 9.17) is 9.15 Å². The number of amides is 1. The molecule has 120 valence electrons. The van der Waals surface area contributed by atoms with Crippen LogP contribution in [0.4, 0.5) is 0 Å². The lowest BCUT2D eigenvalue weighted by Gasteiger charge is -2.10. The van der Waals surface area contributed by atoms with Crippen molar-refractivity contribution in [2.45, 2.75) is 13.1 Å². The van der Waals surface area contributed by atoms with Gasteiger partial charge in [0.25, 0.3) is 5.91 Å². The highest BCUT2D eigenvalue weighted by Crippen LogP contribution is 2.27. The summed E-state index contributed by atoms with van der Waals surface area (Å²) in [6.07, 6.45) is 3.43. The van der Waals surface area contributed by atoms with E-state index in [1.165, 1.54) is 0 Å². The summed E-state index contributed by atoms with van der Waals surface area (Å²) in [6.45, 7) is 1.50. The van der Waals surface area contributed by atoms with Crippen molar-refractivity contribution in [3.63, 3.8) is 0 Å². The standard InChI is InChI=1S/C16H16BrN3O3/c1-22-6-5-20-12-8-15(17)23-14(12)7-13(20)16(21)19-10-11-3-2-4-18-9-11/h2-4,7-9H,5-6,10H2,1H3,(H,19,21). The number of ether oxygens (including phenoxy) is 1. The first-order valence-corrected chi connectivity index (χ1v) is 7.93. The third kappa shape index (κ3) is 3.46. The highest BCUT2D eigenvalue weighted by molar-refractivity contribution is 9.10. The number of halogens is 1. The molecule has 0 saturated carbocycles. The molecule has 0 radical (unpaired) electrons. The second-order valence-electron chi connectivity index (χ2n) is 5.02. The molecule has 0 aliphatic heterocycles. The van der Waals surface area contributed by atoms with Crippen LogP contribution in [0.25, 0.3) is 11.1 Å². The Labute approximate surface area is 141 Å². The van der Waals surface area contributed by atoms with Crippen LogP contribution in [0, 0.1) is 0 Å². The zero-order valence-corrected chi connectivity index (χ0v) is 14.2. The smallest absolute Gasteiger partial charge is 0.268 e. The van der Waals surface area contributed by atoms with E-state index in [2.05, 4.69) is 26.2 Å². The Morgan fingerprint density at radius 1 is 1.48 bits per heavy atom. The summed E-state index contributed by atoms with van der Waals surface area (Å²) in [5, 5.41) is 2.90. The van der Waals surface area contributed by atoms with Crippen LogP contribution in [0.3, 0.4) is 0 Å². The van der Waals surface area contributed by atoms with Gasteiger partial charge in [-0.05, 0) is 27.6 Å². The number of hydrogen-bond donors (Lipinski definition) is 1. The average molecular weight is 378 g/mol. The van der Waals surface area contributed by atoms with Crippen LogP contribution in [0.2, 0.25) is 0 Å². The summed E-state index contributed by atoms with van der Waals surface area (Å²) in [6, 6.07) is 7.35. The van der Waals surface area contributed by atoms with Gasteiger partial charge in [-0.1, -0.05) is 6.07 Å². The maximum atomic E-state index is 12.5. The highest BCUT2D eigenvalue weighted by atomic mass is 79.9. The van der Waals surface area contributed by atoms with Crippen LogP contribution in [0.15, 0.2) is 45.7 Å². The minimum Gasteiger partial charge on any atom is -0.448 e. The number of methoxy groups -OCH3 is 1. The number of nitrogens with zero attached hydrogens (tertiary/aromatic N) is 2. The molecule has 0 fully saturated rings. The Bertz CT molecular complexity index is 811. The van der Waals surface area contributed by atoms with Gasteiger partial charge in [0.1, 0.15) is 5.69 Å². The van der Waals surface area contributed by atoms with E-state index in [-0.39, 0.29) is 5.91 Å². The topological polar surface area (TPSA) is 69.3 Å². The second kappa shape index (κ2) is 6.97. The van der Waals surface area contributed by atoms with Crippen molar-refractivity contribution >= 4 is 32.9 Å². The molecule has 3 aromatic rings. The summed E-state index contributed by atoms with van der Waals surface area (Å²) in [4.78, 5) is 16.5. The van der Waals surface area contributed by atoms with Gasteiger partial charge < -0.3 is 19.0 Å². The van der Waals surface area contributed by atoms with Crippen molar-refractivity contribution < 1.29 is 13.9 Å². The van der Waals surface area contributed by atoms with Gasteiger partial charge in [-0.2, -0.15) is 0 Å². The van der Waals surface area contributed by atoms with Gasteiger partial charge in [-0.3, -0.25) is 9.78 Å². The molecule has 0 unspecified atom stereocenters. The SMILES string of the molecule is COCCn1c(C(=O)NCc2cccnc2)cc2oc(Br)cc21. The number of fused-ring (bicyclic) bond motifs is 1. The fourth-order valence-corrected chi connectivity index (χ4v) is 2.79. The third-order valence-electron chi connectivity index (χ3n) is 3.49. The average Bonchev–Trinajstić information content (AvgIpc) is 3.08. The van der Waals surface area contributed by atoms with Crippen molar-refractivity contribution in [2.75, 3.05) is 13.7 Å². The Morgan fingerprint density at radius 3 is 3.09 bits per heavy atom. The van der Waals surface area contributed by atoms with Gasteiger partial charge in [0.2, 0.25) is 0 Å². The maximum absolute atomic E-state index is 12.5. The molecule has 3 heterocycles. The van der Waals surface area contributed by atoms with E-state index >= 15 is 0 Å². The van der Waals surface area contributed by atoms with Gasteiger partial charge in [0.15, 0.2) is 10.3 Å². The van der Waals surface area contributed by atoms with Crippen molar-refractivity contribution in [1.82, 2.24) is 14.9 Å². The molecular weight excluding hydrogens is 362 g/mol. The van der Waals surface area contributed by atoms with Crippen LogP contribution in [-0.4, -0.2) is 29.2 Å². The molecule has 7 heteroatoms. The molecule has 1 amide bonds. The number of aromatic nitrogens is 2. The number of hydrogen-bond acceptors (Lipinski definition) is 4. The van der Waals surface area contributed by atoms with Crippen molar-refractivity contribution in [3.05, 3.63) is 52.6 Å². The predicted octanol–water partition coefficient (Wildman–Crippen LogP) is 2.97. The lowest BCUT2D eigenvalue weighted by atomic mass is 10.3. The van der Waals surface area contributed by atoms with Crippen LogP contribution in [0.1, 0.15) is 16.1 Å². The van der Waals surface area contributed by atoms with Crippen molar-refractivity contribution in [1.29, 1.82) is 0 Å². The highest BCUT2D eigenvalue weighted by Gasteiger charge is 2.18. The molecule has 23 heavy (non-hydrogen) atoms. The Balaban J connectivity index is 1.82. The number of nitrogens with one attached hydrogen (secondary N) is 1. The first-order valence-electron chi connectivity index (χ1n) is 7.13. The minimum absolute atomic E-state index is 0.160. The zero-order chi connectivity index (χ0) is 16.2. The summed E-state index contributed by atoms with van der Waals surface area (Å²) < 4.78 is 13.2. The Morgan fingerprint density at radius 2 is 2.35 bits per heavy atom. The summed E-state index contributed by atoms with van der Waals surface area (Å²) in [5.41, 5.74) is 3.02. The van der Waals surface area contributed by atoms with Gasteiger partial charge >= 0.3 is 0 Å². The van der Waals surface area contributed by atoms with Gasteiger partial charge in [0.05, 0.1) is 12.1 Å². The Hall–Kier alpha value is -2.12.